The first kappa shape index (κ1) is 14.7. The second kappa shape index (κ2) is 5.64. The molecule has 1 aromatic carbocycles. The maximum atomic E-state index is 13.3. The van der Waals surface area contributed by atoms with E-state index in [0.29, 0.717) is 19.8 Å². The quantitative estimate of drug-likeness (QED) is 0.911. The topological polar surface area (TPSA) is 54.1 Å². The molecule has 2 fully saturated rings. The van der Waals surface area contributed by atoms with Crippen molar-refractivity contribution in [3.05, 3.63) is 35.8 Å². The van der Waals surface area contributed by atoms with E-state index in [4.69, 9.17) is 4.74 Å². The highest BCUT2D eigenvalue weighted by atomic mass is 19.1. The fourth-order valence-electron chi connectivity index (χ4n) is 3.59. The molecule has 1 aliphatic carbocycles. The summed E-state index contributed by atoms with van der Waals surface area (Å²) in [7, 11) is 0. The lowest BCUT2D eigenvalue weighted by Gasteiger charge is -2.23. The molecule has 0 atom stereocenters. The SMILES string of the molecule is O=C(NCC1(c2c[nH]c3cc(F)ccc23)CC1)C1CCOCC1. The highest BCUT2D eigenvalue weighted by Gasteiger charge is 2.46. The lowest BCUT2D eigenvalue weighted by molar-refractivity contribution is -0.127. The van der Waals surface area contributed by atoms with E-state index in [-0.39, 0.29) is 23.1 Å². The predicted octanol–water partition coefficient (Wildman–Crippen LogP) is 2.88. The Morgan fingerprint density at radius 3 is 2.87 bits per heavy atom. The largest absolute Gasteiger partial charge is 0.381 e. The predicted molar refractivity (Wildman–Crippen MR) is 85.7 cm³/mol. The number of ether oxygens (including phenoxy) is 1. The Labute approximate surface area is 134 Å². The summed E-state index contributed by atoms with van der Waals surface area (Å²) in [6.07, 6.45) is 5.71. The van der Waals surface area contributed by atoms with Gasteiger partial charge in [-0.15, -0.1) is 0 Å². The zero-order chi connectivity index (χ0) is 15.9. The molecular weight excluding hydrogens is 295 g/mol. The third-order valence-electron chi connectivity index (χ3n) is 5.26. The Balaban J connectivity index is 1.48. The van der Waals surface area contributed by atoms with Crippen molar-refractivity contribution in [3.8, 4) is 0 Å². The van der Waals surface area contributed by atoms with Crippen molar-refractivity contribution in [1.82, 2.24) is 10.3 Å². The average molecular weight is 316 g/mol. The van der Waals surface area contributed by atoms with Crippen LogP contribution < -0.4 is 5.32 Å². The van der Waals surface area contributed by atoms with Crippen molar-refractivity contribution in [2.45, 2.75) is 31.1 Å². The monoisotopic (exact) mass is 316 g/mol. The first-order chi connectivity index (χ1) is 11.2. The molecule has 23 heavy (non-hydrogen) atoms. The average Bonchev–Trinajstić information content (AvgIpc) is 3.25. The molecule has 0 bridgehead atoms. The molecule has 0 unspecified atom stereocenters. The molecule has 2 aliphatic rings. The number of carbonyl (C=O) groups excluding carboxylic acids is 1. The molecular formula is C18H21FN2O2. The van der Waals surface area contributed by atoms with Crippen molar-refractivity contribution < 1.29 is 13.9 Å². The summed E-state index contributed by atoms with van der Waals surface area (Å²) in [5, 5.41) is 4.20. The summed E-state index contributed by atoms with van der Waals surface area (Å²) < 4.78 is 18.6. The van der Waals surface area contributed by atoms with Gasteiger partial charge in [0, 0.05) is 48.2 Å². The van der Waals surface area contributed by atoms with Crippen LogP contribution >= 0.6 is 0 Å². The Bertz CT molecular complexity index is 730. The first-order valence-corrected chi connectivity index (χ1v) is 8.31. The first-order valence-electron chi connectivity index (χ1n) is 8.31. The maximum absolute atomic E-state index is 13.3. The van der Waals surface area contributed by atoms with Crippen LogP contribution in [0.5, 0.6) is 0 Å². The van der Waals surface area contributed by atoms with Gasteiger partial charge in [-0.2, -0.15) is 0 Å². The molecule has 0 spiro atoms. The van der Waals surface area contributed by atoms with Crippen LogP contribution in [0.2, 0.25) is 0 Å². The van der Waals surface area contributed by atoms with Crippen LogP contribution in [-0.2, 0) is 14.9 Å². The zero-order valence-corrected chi connectivity index (χ0v) is 13.0. The lowest BCUT2D eigenvalue weighted by atomic mass is 9.94. The standard InChI is InChI=1S/C18H21FN2O2/c19-13-1-2-14-15(10-20-16(14)9-13)18(5-6-18)11-21-17(22)12-3-7-23-8-4-12/h1-2,9-10,12,20H,3-8,11H2,(H,21,22). The number of nitrogens with one attached hydrogen (secondary N) is 2. The van der Waals surface area contributed by atoms with Crippen LogP contribution in [0.15, 0.2) is 24.4 Å². The molecule has 0 radical (unpaired) electrons. The molecule has 2 N–H and O–H groups in total. The van der Waals surface area contributed by atoms with E-state index in [0.717, 1.165) is 36.6 Å². The van der Waals surface area contributed by atoms with Crippen molar-refractivity contribution in [3.63, 3.8) is 0 Å². The highest BCUT2D eigenvalue weighted by Crippen LogP contribution is 2.50. The van der Waals surface area contributed by atoms with Gasteiger partial charge in [0.25, 0.3) is 0 Å². The van der Waals surface area contributed by atoms with Gasteiger partial charge in [-0.3, -0.25) is 4.79 Å². The second-order valence-electron chi connectivity index (χ2n) is 6.78. The molecule has 1 saturated carbocycles. The number of hydrogen-bond acceptors (Lipinski definition) is 2. The number of H-pyrrole nitrogens is 1. The molecule has 2 aromatic rings. The van der Waals surface area contributed by atoms with Gasteiger partial charge in [-0.05, 0) is 49.4 Å². The van der Waals surface area contributed by atoms with Crippen molar-refractivity contribution in [1.29, 1.82) is 0 Å². The number of benzene rings is 1. The number of amides is 1. The number of halogens is 1. The van der Waals surface area contributed by atoms with Gasteiger partial charge in [0.1, 0.15) is 5.82 Å². The van der Waals surface area contributed by atoms with E-state index < -0.39 is 0 Å². The molecule has 4 nitrogen and oxygen atoms in total. The Kier molecular flexibility index (Phi) is 3.60. The number of rotatable bonds is 4. The van der Waals surface area contributed by atoms with E-state index in [1.807, 2.05) is 12.3 Å². The summed E-state index contributed by atoms with van der Waals surface area (Å²) >= 11 is 0. The van der Waals surface area contributed by atoms with E-state index in [2.05, 4.69) is 10.3 Å². The van der Waals surface area contributed by atoms with Crippen LogP contribution in [0, 0.1) is 11.7 Å². The molecule has 2 heterocycles. The number of hydrogen-bond donors (Lipinski definition) is 2. The Morgan fingerprint density at radius 1 is 1.35 bits per heavy atom. The van der Waals surface area contributed by atoms with Crippen molar-refractivity contribution in [2.24, 2.45) is 5.92 Å². The van der Waals surface area contributed by atoms with Crippen LogP contribution in [-0.4, -0.2) is 30.6 Å². The van der Waals surface area contributed by atoms with Gasteiger partial charge in [0.15, 0.2) is 0 Å². The molecule has 4 rings (SSSR count). The van der Waals surface area contributed by atoms with Crippen LogP contribution in [0.3, 0.4) is 0 Å². The summed E-state index contributed by atoms with van der Waals surface area (Å²) in [6.45, 7) is 2.02. The van der Waals surface area contributed by atoms with Gasteiger partial charge < -0.3 is 15.0 Å². The smallest absolute Gasteiger partial charge is 0.223 e. The summed E-state index contributed by atoms with van der Waals surface area (Å²) in [5.74, 6) is -0.00866. The van der Waals surface area contributed by atoms with Gasteiger partial charge in [0.05, 0.1) is 0 Å². The molecule has 122 valence electrons. The number of carbonyl (C=O) groups is 1. The molecule has 1 aromatic heterocycles. The van der Waals surface area contributed by atoms with Gasteiger partial charge >= 0.3 is 0 Å². The minimum Gasteiger partial charge on any atom is -0.381 e. The fourth-order valence-corrected chi connectivity index (χ4v) is 3.59. The number of aromatic nitrogens is 1. The van der Waals surface area contributed by atoms with Crippen LogP contribution in [0.4, 0.5) is 4.39 Å². The summed E-state index contributed by atoms with van der Waals surface area (Å²) in [5.41, 5.74) is 2.03. The van der Waals surface area contributed by atoms with Crippen molar-refractivity contribution >= 4 is 16.8 Å². The third kappa shape index (κ3) is 2.74. The number of aromatic amines is 1. The van der Waals surface area contributed by atoms with Gasteiger partial charge in [-0.25, -0.2) is 4.39 Å². The molecule has 1 aliphatic heterocycles. The Hall–Kier alpha value is -1.88. The van der Waals surface area contributed by atoms with Crippen LogP contribution in [0.25, 0.3) is 10.9 Å². The molecule has 5 heteroatoms. The summed E-state index contributed by atoms with van der Waals surface area (Å²) in [4.78, 5) is 15.5. The lowest BCUT2D eigenvalue weighted by Crippen LogP contribution is -2.38. The fraction of sp³-hybridized carbons (Fsp3) is 0.500. The van der Waals surface area contributed by atoms with E-state index in [1.165, 1.54) is 17.7 Å². The van der Waals surface area contributed by atoms with Gasteiger partial charge in [0.2, 0.25) is 5.91 Å². The Morgan fingerprint density at radius 2 is 2.13 bits per heavy atom. The minimum absolute atomic E-state index is 0.0108. The van der Waals surface area contributed by atoms with Crippen molar-refractivity contribution in [2.75, 3.05) is 19.8 Å². The second-order valence-corrected chi connectivity index (χ2v) is 6.78. The van der Waals surface area contributed by atoms with E-state index in [1.54, 1.807) is 0 Å². The van der Waals surface area contributed by atoms with E-state index >= 15 is 0 Å². The zero-order valence-electron chi connectivity index (χ0n) is 13.0. The minimum atomic E-state index is -0.233. The molecule has 1 saturated heterocycles. The maximum Gasteiger partial charge on any atom is 0.223 e. The normalized spacial score (nSPS) is 20.6. The third-order valence-corrected chi connectivity index (χ3v) is 5.26. The highest BCUT2D eigenvalue weighted by molar-refractivity contribution is 5.85. The van der Waals surface area contributed by atoms with Gasteiger partial charge in [-0.1, -0.05) is 0 Å². The summed E-state index contributed by atoms with van der Waals surface area (Å²) in [6, 6.07) is 4.85. The molecule has 1 amide bonds. The van der Waals surface area contributed by atoms with Crippen LogP contribution in [0.1, 0.15) is 31.2 Å². The van der Waals surface area contributed by atoms with E-state index in [9.17, 15) is 9.18 Å². The number of fused-ring (bicyclic) bond motifs is 1.